The molecule has 3 nitrogen and oxygen atoms in total. The molecule has 1 aliphatic rings. The molecule has 0 heterocycles. The van der Waals surface area contributed by atoms with Gasteiger partial charge in [-0.3, -0.25) is 4.79 Å². The Morgan fingerprint density at radius 2 is 1.65 bits per heavy atom. The van der Waals surface area contributed by atoms with E-state index in [1.54, 1.807) is 6.07 Å². The van der Waals surface area contributed by atoms with Crippen molar-refractivity contribution in [3.8, 4) is 0 Å². The van der Waals surface area contributed by atoms with E-state index >= 15 is 0 Å². The van der Waals surface area contributed by atoms with Crippen LogP contribution in [-0.4, -0.2) is 18.9 Å². The maximum absolute atomic E-state index is 13.4. The molecule has 0 saturated carbocycles. The van der Waals surface area contributed by atoms with Crippen molar-refractivity contribution >= 4 is 22.5 Å². The first kappa shape index (κ1) is 16.5. The van der Waals surface area contributed by atoms with Gasteiger partial charge in [0.1, 0.15) is 0 Å². The number of benzene rings is 3. The van der Waals surface area contributed by atoms with E-state index in [1.165, 1.54) is 24.7 Å². The SMILES string of the molecule is COC(=O)c1ccc2ccccc2c1C(=O)c1ccc2c(c1)CCCC2. The van der Waals surface area contributed by atoms with Crippen molar-refractivity contribution in [1.82, 2.24) is 0 Å². The van der Waals surface area contributed by atoms with Gasteiger partial charge in [0.05, 0.1) is 12.7 Å². The first-order valence-electron chi connectivity index (χ1n) is 8.95. The van der Waals surface area contributed by atoms with Gasteiger partial charge in [-0.2, -0.15) is 0 Å². The zero-order chi connectivity index (χ0) is 18.1. The molecule has 0 unspecified atom stereocenters. The minimum absolute atomic E-state index is 0.129. The number of rotatable bonds is 3. The Kier molecular flexibility index (Phi) is 4.29. The van der Waals surface area contributed by atoms with Crippen molar-refractivity contribution in [3.05, 3.63) is 82.4 Å². The van der Waals surface area contributed by atoms with Crippen LogP contribution in [0.15, 0.2) is 54.6 Å². The summed E-state index contributed by atoms with van der Waals surface area (Å²) in [6.07, 6.45) is 4.45. The van der Waals surface area contributed by atoms with Crippen molar-refractivity contribution in [2.24, 2.45) is 0 Å². The second kappa shape index (κ2) is 6.75. The average Bonchev–Trinajstić information content (AvgIpc) is 2.71. The lowest BCUT2D eigenvalue weighted by molar-refractivity contribution is 0.0598. The Balaban J connectivity index is 1.89. The van der Waals surface area contributed by atoms with Gasteiger partial charge in [-0.25, -0.2) is 4.79 Å². The Hall–Kier alpha value is -2.94. The molecule has 3 heteroatoms. The summed E-state index contributed by atoms with van der Waals surface area (Å²) >= 11 is 0. The van der Waals surface area contributed by atoms with Gasteiger partial charge in [-0.15, -0.1) is 0 Å². The van der Waals surface area contributed by atoms with Crippen LogP contribution in [0.5, 0.6) is 0 Å². The van der Waals surface area contributed by atoms with Gasteiger partial charge < -0.3 is 4.74 Å². The minimum atomic E-state index is -0.489. The molecule has 0 spiro atoms. The zero-order valence-electron chi connectivity index (χ0n) is 14.7. The molecule has 0 aliphatic heterocycles. The fourth-order valence-corrected chi connectivity index (χ4v) is 3.82. The number of carbonyl (C=O) groups excluding carboxylic acids is 2. The van der Waals surface area contributed by atoms with E-state index in [-0.39, 0.29) is 5.78 Å². The van der Waals surface area contributed by atoms with Crippen LogP contribution >= 0.6 is 0 Å². The normalized spacial score (nSPS) is 13.3. The van der Waals surface area contributed by atoms with Gasteiger partial charge in [0.25, 0.3) is 0 Å². The third-order valence-electron chi connectivity index (χ3n) is 5.17. The smallest absolute Gasteiger partial charge is 0.338 e. The maximum Gasteiger partial charge on any atom is 0.338 e. The van der Waals surface area contributed by atoms with Gasteiger partial charge in [-0.1, -0.05) is 42.5 Å². The van der Waals surface area contributed by atoms with Crippen LogP contribution in [-0.2, 0) is 17.6 Å². The molecule has 0 amide bonds. The molecule has 3 aromatic carbocycles. The number of ether oxygens (including phenoxy) is 1. The van der Waals surface area contributed by atoms with E-state index in [0.29, 0.717) is 16.7 Å². The van der Waals surface area contributed by atoms with Crippen LogP contribution in [0.25, 0.3) is 10.8 Å². The molecule has 26 heavy (non-hydrogen) atoms. The highest BCUT2D eigenvalue weighted by Gasteiger charge is 2.23. The third kappa shape index (κ3) is 2.80. The number of fused-ring (bicyclic) bond motifs is 2. The summed E-state index contributed by atoms with van der Waals surface area (Å²) in [6.45, 7) is 0. The highest BCUT2D eigenvalue weighted by atomic mass is 16.5. The molecule has 1 aliphatic carbocycles. The molecule has 130 valence electrons. The molecule has 0 fully saturated rings. The van der Waals surface area contributed by atoms with Crippen LogP contribution in [0.4, 0.5) is 0 Å². The number of hydrogen-bond acceptors (Lipinski definition) is 3. The Morgan fingerprint density at radius 3 is 2.46 bits per heavy atom. The molecular formula is C23H20O3. The molecular weight excluding hydrogens is 324 g/mol. The number of carbonyl (C=O) groups is 2. The van der Waals surface area contributed by atoms with Crippen LogP contribution in [0.2, 0.25) is 0 Å². The van der Waals surface area contributed by atoms with E-state index in [1.807, 2.05) is 42.5 Å². The monoisotopic (exact) mass is 344 g/mol. The van der Waals surface area contributed by atoms with Gasteiger partial charge >= 0.3 is 5.97 Å². The highest BCUT2D eigenvalue weighted by Crippen LogP contribution is 2.28. The lowest BCUT2D eigenvalue weighted by Gasteiger charge is -2.17. The molecule has 4 rings (SSSR count). The summed E-state index contributed by atoms with van der Waals surface area (Å²) in [5.41, 5.74) is 3.95. The molecule has 0 N–H and O–H groups in total. The number of esters is 1. The summed E-state index contributed by atoms with van der Waals surface area (Å²) in [5.74, 6) is -0.618. The van der Waals surface area contributed by atoms with Gasteiger partial charge in [0.2, 0.25) is 0 Å². The average molecular weight is 344 g/mol. The quantitative estimate of drug-likeness (QED) is 0.509. The largest absolute Gasteiger partial charge is 0.465 e. The van der Waals surface area contributed by atoms with Gasteiger partial charge in [0, 0.05) is 11.1 Å². The first-order valence-corrected chi connectivity index (χ1v) is 8.95. The Bertz CT molecular complexity index is 1020. The summed E-state index contributed by atoms with van der Waals surface area (Å²) in [4.78, 5) is 25.7. The number of hydrogen-bond donors (Lipinski definition) is 0. The summed E-state index contributed by atoms with van der Waals surface area (Å²) in [7, 11) is 1.34. The third-order valence-corrected chi connectivity index (χ3v) is 5.17. The Morgan fingerprint density at radius 1 is 0.885 bits per heavy atom. The van der Waals surface area contributed by atoms with E-state index in [2.05, 4.69) is 6.07 Å². The molecule has 0 saturated heterocycles. The van der Waals surface area contributed by atoms with Crippen LogP contribution < -0.4 is 0 Å². The molecule has 0 aromatic heterocycles. The van der Waals surface area contributed by atoms with Gasteiger partial charge in [0.15, 0.2) is 5.78 Å². The minimum Gasteiger partial charge on any atom is -0.465 e. The second-order valence-electron chi connectivity index (χ2n) is 6.72. The van der Waals surface area contributed by atoms with Crippen molar-refractivity contribution in [2.75, 3.05) is 7.11 Å². The van der Waals surface area contributed by atoms with Crippen molar-refractivity contribution in [2.45, 2.75) is 25.7 Å². The molecule has 3 aromatic rings. The van der Waals surface area contributed by atoms with Crippen LogP contribution in [0.1, 0.15) is 50.2 Å². The summed E-state index contributed by atoms with van der Waals surface area (Å²) in [6, 6.07) is 17.1. The number of ketones is 1. The first-order chi connectivity index (χ1) is 12.7. The van der Waals surface area contributed by atoms with Crippen molar-refractivity contribution in [1.29, 1.82) is 0 Å². The van der Waals surface area contributed by atoms with Crippen LogP contribution in [0, 0.1) is 0 Å². The predicted octanol–water partition coefficient (Wildman–Crippen LogP) is 4.74. The van der Waals surface area contributed by atoms with E-state index in [9.17, 15) is 9.59 Å². The number of aryl methyl sites for hydroxylation is 2. The summed E-state index contributed by atoms with van der Waals surface area (Å²) < 4.78 is 4.91. The molecule has 0 radical (unpaired) electrons. The topological polar surface area (TPSA) is 43.4 Å². The van der Waals surface area contributed by atoms with E-state index in [4.69, 9.17) is 4.74 Å². The second-order valence-corrected chi connectivity index (χ2v) is 6.72. The maximum atomic E-state index is 13.4. The van der Waals surface area contributed by atoms with Gasteiger partial charge in [-0.05, 0) is 59.7 Å². The molecule has 0 atom stereocenters. The van der Waals surface area contributed by atoms with Crippen molar-refractivity contribution < 1.29 is 14.3 Å². The zero-order valence-corrected chi connectivity index (χ0v) is 14.7. The molecule has 0 bridgehead atoms. The number of methoxy groups -OCH3 is 1. The lowest BCUT2D eigenvalue weighted by Crippen LogP contribution is -2.13. The van der Waals surface area contributed by atoms with E-state index in [0.717, 1.165) is 30.0 Å². The van der Waals surface area contributed by atoms with Crippen LogP contribution in [0.3, 0.4) is 0 Å². The fraction of sp³-hybridized carbons (Fsp3) is 0.217. The lowest BCUT2D eigenvalue weighted by atomic mass is 9.87. The summed E-state index contributed by atoms with van der Waals surface area (Å²) in [5, 5.41) is 1.71. The highest BCUT2D eigenvalue weighted by molar-refractivity contribution is 6.21. The van der Waals surface area contributed by atoms with E-state index < -0.39 is 5.97 Å². The fourth-order valence-electron chi connectivity index (χ4n) is 3.82. The Labute approximate surface area is 152 Å². The standard InChI is InChI=1S/C23H20O3/c1-26-23(25)20-13-12-16-7-4-5-9-19(16)21(20)22(24)18-11-10-15-6-2-3-8-17(15)14-18/h4-5,7,9-14H,2-3,6,8H2,1H3. The van der Waals surface area contributed by atoms with Crippen molar-refractivity contribution in [3.63, 3.8) is 0 Å². The predicted molar refractivity (Wildman–Crippen MR) is 102 cm³/mol.